The molecule has 3 nitrogen and oxygen atoms in total. The summed E-state index contributed by atoms with van der Waals surface area (Å²) in [7, 11) is 0. The molecule has 0 unspecified atom stereocenters. The van der Waals surface area contributed by atoms with E-state index in [2.05, 4.69) is 10.3 Å². The molecule has 0 radical (unpaired) electrons. The van der Waals surface area contributed by atoms with Crippen LogP contribution in [0.4, 0.5) is 0 Å². The van der Waals surface area contributed by atoms with Crippen molar-refractivity contribution in [1.82, 2.24) is 10.3 Å². The van der Waals surface area contributed by atoms with E-state index in [4.69, 9.17) is 11.6 Å². The fraction of sp³-hybridized carbons (Fsp3) is 0.538. The van der Waals surface area contributed by atoms with E-state index >= 15 is 0 Å². The van der Waals surface area contributed by atoms with E-state index in [0.717, 1.165) is 36.9 Å². The topological polar surface area (TPSA) is 42.0 Å². The molecule has 17 heavy (non-hydrogen) atoms. The standard InChI is InChI=1S/C13H17ClN2O/c1-8(2)15-13(17)10-7-12(14)16-11-6-4-3-5-9(10)11/h7-8H,3-6H2,1-2H3,(H,15,17). The largest absolute Gasteiger partial charge is 0.350 e. The maximum absolute atomic E-state index is 12.1. The van der Waals surface area contributed by atoms with Crippen molar-refractivity contribution in [3.63, 3.8) is 0 Å². The molecule has 1 aromatic rings. The summed E-state index contributed by atoms with van der Waals surface area (Å²) in [6.45, 7) is 3.90. The number of pyridine rings is 1. The fourth-order valence-electron chi connectivity index (χ4n) is 2.21. The zero-order valence-electron chi connectivity index (χ0n) is 10.2. The molecular formula is C13H17ClN2O. The fourth-order valence-corrected chi connectivity index (χ4v) is 2.42. The van der Waals surface area contributed by atoms with E-state index in [9.17, 15) is 4.79 Å². The highest BCUT2D eigenvalue weighted by atomic mass is 35.5. The molecule has 0 bridgehead atoms. The van der Waals surface area contributed by atoms with Crippen molar-refractivity contribution in [2.45, 2.75) is 45.6 Å². The summed E-state index contributed by atoms with van der Waals surface area (Å²) in [6, 6.07) is 1.82. The van der Waals surface area contributed by atoms with Crippen LogP contribution in [0.25, 0.3) is 0 Å². The van der Waals surface area contributed by atoms with Gasteiger partial charge in [-0.2, -0.15) is 0 Å². The van der Waals surface area contributed by atoms with Gasteiger partial charge in [0.2, 0.25) is 0 Å². The van der Waals surface area contributed by atoms with Crippen LogP contribution in [0.2, 0.25) is 5.15 Å². The smallest absolute Gasteiger partial charge is 0.251 e. The highest BCUT2D eigenvalue weighted by Gasteiger charge is 2.20. The number of aromatic nitrogens is 1. The molecule has 0 aromatic carbocycles. The molecule has 2 rings (SSSR count). The van der Waals surface area contributed by atoms with Gasteiger partial charge in [-0.15, -0.1) is 0 Å². The second-order valence-corrected chi connectivity index (χ2v) is 5.14. The van der Waals surface area contributed by atoms with Crippen LogP contribution in [0.5, 0.6) is 0 Å². The van der Waals surface area contributed by atoms with Crippen LogP contribution >= 0.6 is 11.6 Å². The second kappa shape index (κ2) is 5.05. The number of hydrogen-bond acceptors (Lipinski definition) is 2. The third-order valence-corrected chi connectivity index (χ3v) is 3.13. The van der Waals surface area contributed by atoms with Crippen LogP contribution in [0.3, 0.4) is 0 Å². The first-order chi connectivity index (χ1) is 8.08. The van der Waals surface area contributed by atoms with Crippen LogP contribution in [0.15, 0.2) is 6.07 Å². The average Bonchev–Trinajstić information content (AvgIpc) is 2.26. The number of carbonyl (C=O) groups excluding carboxylic acids is 1. The number of fused-ring (bicyclic) bond motifs is 1. The molecule has 1 aliphatic rings. The first kappa shape index (κ1) is 12.4. The third-order valence-electron chi connectivity index (χ3n) is 2.93. The molecule has 92 valence electrons. The Hall–Kier alpha value is -1.09. The molecule has 1 aromatic heterocycles. The van der Waals surface area contributed by atoms with Gasteiger partial charge in [0, 0.05) is 17.3 Å². The average molecular weight is 253 g/mol. The molecule has 0 saturated carbocycles. The lowest BCUT2D eigenvalue weighted by atomic mass is 9.92. The van der Waals surface area contributed by atoms with E-state index in [1.165, 1.54) is 0 Å². The molecule has 1 N–H and O–H groups in total. The first-order valence-electron chi connectivity index (χ1n) is 6.07. The summed E-state index contributed by atoms with van der Waals surface area (Å²) in [5.74, 6) is -0.0394. The summed E-state index contributed by atoms with van der Waals surface area (Å²) in [4.78, 5) is 16.4. The minimum Gasteiger partial charge on any atom is -0.350 e. The molecule has 1 amide bonds. The van der Waals surface area contributed by atoms with Crippen LogP contribution in [0, 0.1) is 0 Å². The maximum atomic E-state index is 12.1. The highest BCUT2D eigenvalue weighted by molar-refractivity contribution is 6.29. The summed E-state index contributed by atoms with van der Waals surface area (Å²) < 4.78 is 0. The minimum absolute atomic E-state index is 0.0394. The lowest BCUT2D eigenvalue weighted by molar-refractivity contribution is 0.0941. The molecule has 0 fully saturated rings. The van der Waals surface area contributed by atoms with Crippen molar-refractivity contribution in [3.8, 4) is 0 Å². The van der Waals surface area contributed by atoms with Gasteiger partial charge >= 0.3 is 0 Å². The molecule has 1 aliphatic carbocycles. The third kappa shape index (κ3) is 2.78. The quantitative estimate of drug-likeness (QED) is 0.823. The van der Waals surface area contributed by atoms with E-state index in [0.29, 0.717) is 10.7 Å². The van der Waals surface area contributed by atoms with Gasteiger partial charge < -0.3 is 5.32 Å². The van der Waals surface area contributed by atoms with Gasteiger partial charge in [-0.3, -0.25) is 4.79 Å². The monoisotopic (exact) mass is 252 g/mol. The summed E-state index contributed by atoms with van der Waals surface area (Å²) >= 11 is 5.97. The van der Waals surface area contributed by atoms with E-state index in [1.54, 1.807) is 6.07 Å². The van der Waals surface area contributed by atoms with Crippen molar-refractivity contribution >= 4 is 17.5 Å². The summed E-state index contributed by atoms with van der Waals surface area (Å²) in [5, 5.41) is 3.33. The zero-order valence-corrected chi connectivity index (χ0v) is 11.0. The number of amides is 1. The first-order valence-corrected chi connectivity index (χ1v) is 6.45. The van der Waals surface area contributed by atoms with Gasteiger partial charge in [0.25, 0.3) is 5.91 Å². The number of hydrogen-bond donors (Lipinski definition) is 1. The van der Waals surface area contributed by atoms with Crippen molar-refractivity contribution < 1.29 is 4.79 Å². The van der Waals surface area contributed by atoms with Gasteiger partial charge in [0.05, 0.1) is 0 Å². The van der Waals surface area contributed by atoms with Crippen molar-refractivity contribution in [2.24, 2.45) is 0 Å². The Morgan fingerprint density at radius 2 is 2.12 bits per heavy atom. The number of rotatable bonds is 2. The number of aryl methyl sites for hydroxylation is 1. The zero-order chi connectivity index (χ0) is 12.4. The van der Waals surface area contributed by atoms with Crippen LogP contribution in [0.1, 0.15) is 48.3 Å². The van der Waals surface area contributed by atoms with Crippen molar-refractivity contribution in [3.05, 3.63) is 28.0 Å². The van der Waals surface area contributed by atoms with E-state index < -0.39 is 0 Å². The molecule has 1 heterocycles. The second-order valence-electron chi connectivity index (χ2n) is 4.75. The SMILES string of the molecule is CC(C)NC(=O)c1cc(Cl)nc2c1CCCC2. The number of nitrogens with one attached hydrogen (secondary N) is 1. The Balaban J connectivity index is 2.38. The Morgan fingerprint density at radius 3 is 2.82 bits per heavy atom. The van der Waals surface area contributed by atoms with Crippen LogP contribution in [-0.2, 0) is 12.8 Å². The summed E-state index contributed by atoms with van der Waals surface area (Å²) in [6.07, 6.45) is 4.11. The number of carbonyl (C=O) groups is 1. The summed E-state index contributed by atoms with van der Waals surface area (Å²) in [5.41, 5.74) is 2.78. The van der Waals surface area contributed by atoms with E-state index in [-0.39, 0.29) is 11.9 Å². The maximum Gasteiger partial charge on any atom is 0.251 e. The predicted octanol–water partition coefficient (Wildman–Crippen LogP) is 2.75. The van der Waals surface area contributed by atoms with Crippen LogP contribution < -0.4 is 5.32 Å². The molecule has 0 saturated heterocycles. The molecule has 4 heteroatoms. The Morgan fingerprint density at radius 1 is 1.41 bits per heavy atom. The van der Waals surface area contributed by atoms with Crippen molar-refractivity contribution in [1.29, 1.82) is 0 Å². The number of halogens is 1. The Labute approximate surface area is 107 Å². The minimum atomic E-state index is -0.0394. The predicted molar refractivity (Wildman–Crippen MR) is 68.5 cm³/mol. The van der Waals surface area contributed by atoms with E-state index in [1.807, 2.05) is 13.8 Å². The Bertz CT molecular complexity index is 443. The lowest BCUT2D eigenvalue weighted by Gasteiger charge is -2.19. The molecule has 0 atom stereocenters. The van der Waals surface area contributed by atoms with Gasteiger partial charge in [0.15, 0.2) is 0 Å². The Kier molecular flexibility index (Phi) is 3.67. The lowest BCUT2D eigenvalue weighted by Crippen LogP contribution is -2.31. The molecule has 0 aliphatic heterocycles. The van der Waals surface area contributed by atoms with Gasteiger partial charge in [-0.25, -0.2) is 4.98 Å². The molecule has 0 spiro atoms. The van der Waals surface area contributed by atoms with Crippen LogP contribution in [-0.4, -0.2) is 16.9 Å². The normalized spacial score (nSPS) is 14.6. The number of nitrogens with zero attached hydrogens (tertiary/aromatic N) is 1. The highest BCUT2D eigenvalue weighted by Crippen LogP contribution is 2.25. The van der Waals surface area contributed by atoms with Crippen molar-refractivity contribution in [2.75, 3.05) is 0 Å². The van der Waals surface area contributed by atoms with Gasteiger partial charge in [-0.05, 0) is 51.2 Å². The van der Waals surface area contributed by atoms with Gasteiger partial charge in [-0.1, -0.05) is 11.6 Å². The van der Waals surface area contributed by atoms with Gasteiger partial charge in [0.1, 0.15) is 5.15 Å². The molecular weight excluding hydrogens is 236 g/mol.